The van der Waals surface area contributed by atoms with Crippen LogP contribution in [0.25, 0.3) is 0 Å². The van der Waals surface area contributed by atoms with Crippen LogP contribution < -0.4 is 5.32 Å². The first-order valence-electron chi connectivity index (χ1n) is 5.74. The zero-order valence-corrected chi connectivity index (χ0v) is 10.6. The van der Waals surface area contributed by atoms with E-state index in [1.54, 1.807) is 6.26 Å². The number of benzene rings is 1. The van der Waals surface area contributed by atoms with Crippen molar-refractivity contribution in [3.8, 4) is 0 Å². The lowest BCUT2D eigenvalue weighted by atomic mass is 10.1. The van der Waals surface area contributed by atoms with Crippen molar-refractivity contribution >= 4 is 11.6 Å². The summed E-state index contributed by atoms with van der Waals surface area (Å²) in [6, 6.07) is 12.3. The molecule has 2 rings (SSSR count). The second-order valence-corrected chi connectivity index (χ2v) is 4.63. The molecule has 0 spiro atoms. The molecule has 1 atom stereocenters. The molecule has 0 fully saturated rings. The van der Waals surface area contributed by atoms with Crippen LogP contribution in [-0.4, -0.2) is 6.04 Å². The van der Waals surface area contributed by atoms with Crippen molar-refractivity contribution in [1.82, 2.24) is 5.32 Å². The molecule has 2 aromatic rings. The van der Waals surface area contributed by atoms with E-state index in [1.807, 2.05) is 24.3 Å². The first kappa shape index (κ1) is 12.2. The van der Waals surface area contributed by atoms with Gasteiger partial charge < -0.3 is 9.73 Å². The van der Waals surface area contributed by atoms with E-state index in [2.05, 4.69) is 24.4 Å². The fourth-order valence-electron chi connectivity index (χ4n) is 1.73. The Morgan fingerprint density at radius 3 is 2.65 bits per heavy atom. The van der Waals surface area contributed by atoms with Gasteiger partial charge in [0.05, 0.1) is 12.8 Å². The highest BCUT2D eigenvalue weighted by Crippen LogP contribution is 2.11. The second-order valence-electron chi connectivity index (χ2n) is 4.19. The summed E-state index contributed by atoms with van der Waals surface area (Å²) in [5.74, 6) is 0.966. The molecule has 0 aliphatic heterocycles. The quantitative estimate of drug-likeness (QED) is 0.875. The Hall–Kier alpha value is -1.25. The SMILES string of the molecule is CC(Cc1ccc(Cl)cc1)NCc1ccco1. The van der Waals surface area contributed by atoms with E-state index >= 15 is 0 Å². The molecule has 1 N–H and O–H groups in total. The van der Waals surface area contributed by atoms with Gasteiger partial charge in [0.15, 0.2) is 0 Å². The van der Waals surface area contributed by atoms with Gasteiger partial charge in [0.2, 0.25) is 0 Å². The van der Waals surface area contributed by atoms with Crippen LogP contribution in [0.1, 0.15) is 18.2 Å². The average Bonchev–Trinajstić information content (AvgIpc) is 2.83. The Bertz CT molecular complexity index is 436. The number of halogens is 1. The van der Waals surface area contributed by atoms with Crippen LogP contribution in [0, 0.1) is 0 Å². The lowest BCUT2D eigenvalue weighted by Gasteiger charge is -2.12. The van der Waals surface area contributed by atoms with Gasteiger partial charge in [0, 0.05) is 11.1 Å². The third-order valence-corrected chi connectivity index (χ3v) is 2.91. The zero-order chi connectivity index (χ0) is 12.1. The minimum atomic E-state index is 0.404. The molecule has 0 radical (unpaired) electrons. The molecule has 90 valence electrons. The minimum absolute atomic E-state index is 0.404. The van der Waals surface area contributed by atoms with E-state index in [4.69, 9.17) is 16.0 Å². The maximum absolute atomic E-state index is 5.85. The number of rotatable bonds is 5. The lowest BCUT2D eigenvalue weighted by molar-refractivity contribution is 0.453. The Morgan fingerprint density at radius 2 is 2.00 bits per heavy atom. The molecule has 1 aromatic heterocycles. The molecule has 0 saturated heterocycles. The number of furan rings is 1. The molecule has 0 amide bonds. The molecule has 0 aliphatic rings. The first-order chi connectivity index (χ1) is 8.24. The molecule has 2 nitrogen and oxygen atoms in total. The molecular formula is C14H16ClNO. The highest BCUT2D eigenvalue weighted by Gasteiger charge is 2.04. The summed E-state index contributed by atoms with van der Waals surface area (Å²) in [4.78, 5) is 0. The highest BCUT2D eigenvalue weighted by atomic mass is 35.5. The minimum Gasteiger partial charge on any atom is -0.468 e. The molecular weight excluding hydrogens is 234 g/mol. The third-order valence-electron chi connectivity index (χ3n) is 2.66. The fraction of sp³-hybridized carbons (Fsp3) is 0.286. The van der Waals surface area contributed by atoms with Gasteiger partial charge in [0.1, 0.15) is 5.76 Å². The standard InChI is InChI=1S/C14H16ClNO/c1-11(16-10-14-3-2-8-17-14)9-12-4-6-13(15)7-5-12/h2-8,11,16H,9-10H2,1H3. The van der Waals surface area contributed by atoms with Gasteiger partial charge in [-0.15, -0.1) is 0 Å². The van der Waals surface area contributed by atoms with Gasteiger partial charge in [-0.1, -0.05) is 23.7 Å². The van der Waals surface area contributed by atoms with Gasteiger partial charge in [-0.3, -0.25) is 0 Å². The Kier molecular flexibility index (Phi) is 4.24. The van der Waals surface area contributed by atoms with Crippen molar-refractivity contribution in [3.63, 3.8) is 0 Å². The predicted molar refractivity (Wildman–Crippen MR) is 70.2 cm³/mol. The zero-order valence-electron chi connectivity index (χ0n) is 9.82. The van der Waals surface area contributed by atoms with Crippen molar-refractivity contribution in [3.05, 3.63) is 59.0 Å². The van der Waals surface area contributed by atoms with Crippen LogP contribution in [0.4, 0.5) is 0 Å². The molecule has 0 saturated carbocycles. The average molecular weight is 250 g/mol. The summed E-state index contributed by atoms with van der Waals surface area (Å²) < 4.78 is 5.27. The van der Waals surface area contributed by atoms with Gasteiger partial charge >= 0.3 is 0 Å². The molecule has 17 heavy (non-hydrogen) atoms. The smallest absolute Gasteiger partial charge is 0.117 e. The van der Waals surface area contributed by atoms with Gasteiger partial charge in [0.25, 0.3) is 0 Å². The first-order valence-corrected chi connectivity index (χ1v) is 6.12. The van der Waals surface area contributed by atoms with E-state index in [9.17, 15) is 0 Å². The van der Waals surface area contributed by atoms with Crippen molar-refractivity contribution in [2.75, 3.05) is 0 Å². The maximum atomic E-state index is 5.85. The molecule has 0 bridgehead atoms. The fourth-order valence-corrected chi connectivity index (χ4v) is 1.86. The molecule has 1 unspecified atom stereocenters. The van der Waals surface area contributed by atoms with Crippen LogP contribution in [0.15, 0.2) is 47.1 Å². The number of nitrogens with one attached hydrogen (secondary N) is 1. The highest BCUT2D eigenvalue weighted by molar-refractivity contribution is 6.30. The monoisotopic (exact) mass is 249 g/mol. The number of hydrogen-bond acceptors (Lipinski definition) is 2. The molecule has 1 heterocycles. The van der Waals surface area contributed by atoms with Crippen LogP contribution >= 0.6 is 11.6 Å². The number of hydrogen-bond donors (Lipinski definition) is 1. The van der Waals surface area contributed by atoms with E-state index in [-0.39, 0.29) is 0 Å². The summed E-state index contributed by atoms with van der Waals surface area (Å²) in [5, 5.41) is 4.20. The van der Waals surface area contributed by atoms with Crippen molar-refractivity contribution < 1.29 is 4.42 Å². The van der Waals surface area contributed by atoms with Crippen molar-refractivity contribution in [1.29, 1.82) is 0 Å². The van der Waals surface area contributed by atoms with Crippen LogP contribution in [0.3, 0.4) is 0 Å². The molecule has 3 heteroatoms. The van der Waals surface area contributed by atoms with E-state index in [0.29, 0.717) is 6.04 Å². The predicted octanol–water partition coefficient (Wildman–Crippen LogP) is 3.65. The Morgan fingerprint density at radius 1 is 1.24 bits per heavy atom. The third kappa shape index (κ3) is 3.91. The Labute approximate surface area is 107 Å². The van der Waals surface area contributed by atoms with E-state index < -0.39 is 0 Å². The maximum Gasteiger partial charge on any atom is 0.117 e. The molecule has 1 aromatic carbocycles. The normalized spacial score (nSPS) is 12.6. The van der Waals surface area contributed by atoms with Gasteiger partial charge in [-0.05, 0) is 43.2 Å². The second kappa shape index (κ2) is 5.89. The van der Waals surface area contributed by atoms with Crippen molar-refractivity contribution in [2.24, 2.45) is 0 Å². The van der Waals surface area contributed by atoms with Crippen LogP contribution in [0.5, 0.6) is 0 Å². The summed E-state index contributed by atoms with van der Waals surface area (Å²) in [6.45, 7) is 2.93. The van der Waals surface area contributed by atoms with E-state index in [1.165, 1.54) is 5.56 Å². The van der Waals surface area contributed by atoms with Gasteiger partial charge in [-0.25, -0.2) is 0 Å². The summed E-state index contributed by atoms with van der Waals surface area (Å²) in [6.07, 6.45) is 2.68. The summed E-state index contributed by atoms with van der Waals surface area (Å²) >= 11 is 5.85. The van der Waals surface area contributed by atoms with E-state index in [0.717, 1.165) is 23.7 Å². The Balaban J connectivity index is 1.80. The van der Waals surface area contributed by atoms with Gasteiger partial charge in [-0.2, -0.15) is 0 Å². The van der Waals surface area contributed by atoms with Crippen LogP contribution in [-0.2, 0) is 13.0 Å². The topological polar surface area (TPSA) is 25.2 Å². The molecule has 0 aliphatic carbocycles. The largest absolute Gasteiger partial charge is 0.468 e. The lowest BCUT2D eigenvalue weighted by Crippen LogP contribution is -2.27. The van der Waals surface area contributed by atoms with Crippen molar-refractivity contribution in [2.45, 2.75) is 25.9 Å². The summed E-state index contributed by atoms with van der Waals surface area (Å²) in [5.41, 5.74) is 1.29. The van der Waals surface area contributed by atoms with Crippen LogP contribution in [0.2, 0.25) is 5.02 Å². The summed E-state index contributed by atoms with van der Waals surface area (Å²) in [7, 11) is 0.